The molecule has 2 amide bonds. The highest BCUT2D eigenvalue weighted by Crippen LogP contribution is 2.06. The van der Waals surface area contributed by atoms with Crippen molar-refractivity contribution in [3.05, 3.63) is 11.9 Å². The standard InChI is InChI=1S/C26H47N5O5/c1-4-5-6-7-9-14-27-26(34)21-36-19-18-35-17-15-28-25(33)11-8-10-16-31-20-23(29-30-31)12-13-24(32)22(2)3/h20,22H,4-19,21H2,1-3H3,(H,27,34)(H,28,33). The molecular formula is C26H47N5O5. The first-order valence-corrected chi connectivity index (χ1v) is 13.5. The molecule has 1 rings (SSSR count). The number of aromatic nitrogens is 3. The van der Waals surface area contributed by atoms with Gasteiger partial charge in [-0.1, -0.05) is 51.7 Å². The van der Waals surface area contributed by atoms with E-state index < -0.39 is 0 Å². The molecule has 0 saturated carbocycles. The summed E-state index contributed by atoms with van der Waals surface area (Å²) in [6.07, 6.45) is 10.8. The Morgan fingerprint density at radius 1 is 0.889 bits per heavy atom. The molecule has 0 aliphatic heterocycles. The molecule has 10 nitrogen and oxygen atoms in total. The lowest BCUT2D eigenvalue weighted by Gasteiger charge is -2.08. The van der Waals surface area contributed by atoms with Crippen LogP contribution in [0.2, 0.25) is 0 Å². The first-order chi connectivity index (χ1) is 17.4. The second-order valence-corrected chi connectivity index (χ2v) is 9.33. The molecule has 206 valence electrons. The monoisotopic (exact) mass is 509 g/mol. The Kier molecular flexibility index (Phi) is 18.3. The lowest BCUT2D eigenvalue weighted by atomic mass is 10.0. The zero-order valence-electron chi connectivity index (χ0n) is 22.6. The molecule has 0 fully saturated rings. The number of aryl methyl sites for hydroxylation is 2. The molecule has 10 heteroatoms. The highest BCUT2D eigenvalue weighted by molar-refractivity contribution is 5.80. The number of unbranched alkanes of at least 4 members (excludes halogenated alkanes) is 5. The minimum atomic E-state index is -0.0971. The summed E-state index contributed by atoms with van der Waals surface area (Å²) in [5, 5.41) is 13.9. The van der Waals surface area contributed by atoms with Crippen molar-refractivity contribution in [2.45, 2.75) is 91.5 Å². The summed E-state index contributed by atoms with van der Waals surface area (Å²) in [6.45, 7) is 8.99. The summed E-state index contributed by atoms with van der Waals surface area (Å²) in [5.41, 5.74) is 0.823. The average Bonchev–Trinajstić information content (AvgIpc) is 3.31. The van der Waals surface area contributed by atoms with E-state index in [1.807, 2.05) is 20.0 Å². The molecule has 1 aromatic rings. The molecule has 0 aromatic carbocycles. The average molecular weight is 510 g/mol. The predicted molar refractivity (Wildman–Crippen MR) is 138 cm³/mol. The van der Waals surface area contributed by atoms with Gasteiger partial charge in [0.1, 0.15) is 12.4 Å². The maximum Gasteiger partial charge on any atom is 0.245 e. The highest BCUT2D eigenvalue weighted by atomic mass is 16.5. The maximum atomic E-state index is 11.9. The van der Waals surface area contributed by atoms with Crippen LogP contribution >= 0.6 is 0 Å². The van der Waals surface area contributed by atoms with Crippen LogP contribution in [0.3, 0.4) is 0 Å². The molecule has 2 N–H and O–H groups in total. The third-order valence-electron chi connectivity index (χ3n) is 5.67. The second kappa shape index (κ2) is 20.8. The smallest absolute Gasteiger partial charge is 0.245 e. The summed E-state index contributed by atoms with van der Waals surface area (Å²) in [7, 11) is 0. The van der Waals surface area contributed by atoms with Gasteiger partial charge in [-0.25, -0.2) is 0 Å². The van der Waals surface area contributed by atoms with Gasteiger partial charge in [-0.05, 0) is 19.3 Å². The van der Waals surface area contributed by atoms with Gasteiger partial charge in [0.25, 0.3) is 0 Å². The molecule has 0 bridgehead atoms. The molecule has 0 spiro atoms. The maximum absolute atomic E-state index is 11.9. The summed E-state index contributed by atoms with van der Waals surface area (Å²) < 4.78 is 12.5. The van der Waals surface area contributed by atoms with Gasteiger partial charge in [-0.2, -0.15) is 0 Å². The Labute approximate surface area is 216 Å². The van der Waals surface area contributed by atoms with Crippen LogP contribution in [0.1, 0.15) is 84.3 Å². The van der Waals surface area contributed by atoms with Crippen molar-refractivity contribution >= 4 is 17.6 Å². The lowest BCUT2D eigenvalue weighted by Crippen LogP contribution is -2.29. The van der Waals surface area contributed by atoms with Crippen molar-refractivity contribution in [1.82, 2.24) is 25.6 Å². The molecule has 0 radical (unpaired) electrons. The number of Topliss-reactive ketones (excluding diaryl/α,β-unsaturated/α-hetero) is 1. The van der Waals surface area contributed by atoms with Crippen molar-refractivity contribution in [3.63, 3.8) is 0 Å². The predicted octanol–water partition coefficient (Wildman–Crippen LogP) is 2.84. The Morgan fingerprint density at radius 3 is 2.42 bits per heavy atom. The van der Waals surface area contributed by atoms with Crippen LogP contribution in [0, 0.1) is 5.92 Å². The fraction of sp³-hybridized carbons (Fsp3) is 0.808. The Morgan fingerprint density at radius 2 is 1.64 bits per heavy atom. The van der Waals surface area contributed by atoms with Gasteiger partial charge in [-0.15, -0.1) is 5.10 Å². The van der Waals surface area contributed by atoms with Crippen LogP contribution in [0.5, 0.6) is 0 Å². The molecule has 0 saturated heterocycles. The third kappa shape index (κ3) is 17.2. The minimum absolute atomic E-state index is 0.00677. The zero-order valence-corrected chi connectivity index (χ0v) is 22.6. The summed E-state index contributed by atoms with van der Waals surface area (Å²) in [5.74, 6) is 0.177. The van der Waals surface area contributed by atoms with Gasteiger partial charge in [0, 0.05) is 51.0 Å². The highest BCUT2D eigenvalue weighted by Gasteiger charge is 2.09. The SMILES string of the molecule is CCCCCCCNC(=O)COCCOCCNC(=O)CCCCn1cc(CCC(=O)C(C)C)nn1. The second-order valence-electron chi connectivity index (χ2n) is 9.33. The van der Waals surface area contributed by atoms with E-state index in [1.54, 1.807) is 4.68 Å². The van der Waals surface area contributed by atoms with E-state index in [-0.39, 0.29) is 30.1 Å². The number of carbonyl (C=O) groups excluding carboxylic acids is 3. The Balaban J connectivity index is 1.91. The minimum Gasteiger partial charge on any atom is -0.377 e. The molecule has 0 aliphatic rings. The summed E-state index contributed by atoms with van der Waals surface area (Å²) in [4.78, 5) is 35.3. The number of hydrogen-bond acceptors (Lipinski definition) is 7. The molecular weight excluding hydrogens is 462 g/mol. The van der Waals surface area contributed by atoms with Crippen LogP contribution in [0.15, 0.2) is 6.20 Å². The fourth-order valence-corrected chi connectivity index (χ4v) is 3.40. The number of ether oxygens (including phenoxy) is 2. The molecule has 0 atom stereocenters. The van der Waals surface area contributed by atoms with Crippen LogP contribution in [0.25, 0.3) is 0 Å². The third-order valence-corrected chi connectivity index (χ3v) is 5.67. The normalized spacial score (nSPS) is 11.1. The van der Waals surface area contributed by atoms with Crippen molar-refractivity contribution in [3.8, 4) is 0 Å². The number of hydrogen-bond donors (Lipinski definition) is 2. The molecule has 0 aliphatic carbocycles. The quantitative estimate of drug-likeness (QED) is 0.217. The van der Waals surface area contributed by atoms with Gasteiger partial charge < -0.3 is 20.1 Å². The van der Waals surface area contributed by atoms with Gasteiger partial charge in [0.15, 0.2) is 0 Å². The van der Waals surface area contributed by atoms with Crippen LogP contribution < -0.4 is 10.6 Å². The largest absolute Gasteiger partial charge is 0.377 e. The van der Waals surface area contributed by atoms with E-state index in [9.17, 15) is 14.4 Å². The van der Waals surface area contributed by atoms with Crippen LogP contribution in [-0.2, 0) is 36.8 Å². The van der Waals surface area contributed by atoms with Crippen molar-refractivity contribution in [2.24, 2.45) is 5.92 Å². The van der Waals surface area contributed by atoms with E-state index in [4.69, 9.17) is 9.47 Å². The number of nitrogens with one attached hydrogen (secondary N) is 2. The van der Waals surface area contributed by atoms with Gasteiger partial charge >= 0.3 is 0 Å². The van der Waals surface area contributed by atoms with Crippen molar-refractivity contribution in [1.29, 1.82) is 0 Å². The number of amides is 2. The van der Waals surface area contributed by atoms with Gasteiger partial charge in [0.2, 0.25) is 11.8 Å². The topological polar surface area (TPSA) is 124 Å². The fourth-order valence-electron chi connectivity index (χ4n) is 3.40. The summed E-state index contributed by atoms with van der Waals surface area (Å²) >= 11 is 0. The summed E-state index contributed by atoms with van der Waals surface area (Å²) in [6, 6.07) is 0. The van der Waals surface area contributed by atoms with Crippen LogP contribution in [-0.4, -0.2) is 72.1 Å². The van der Waals surface area contributed by atoms with E-state index >= 15 is 0 Å². The zero-order chi connectivity index (χ0) is 26.4. The first-order valence-electron chi connectivity index (χ1n) is 13.5. The van der Waals surface area contributed by atoms with Crippen LogP contribution in [0.4, 0.5) is 0 Å². The number of nitrogens with zero attached hydrogens (tertiary/aromatic N) is 3. The van der Waals surface area contributed by atoms with E-state index in [2.05, 4.69) is 27.9 Å². The molecule has 1 aromatic heterocycles. The van der Waals surface area contributed by atoms with E-state index in [0.29, 0.717) is 58.7 Å². The number of carbonyl (C=O) groups is 3. The first kappa shape index (κ1) is 31.7. The molecule has 1 heterocycles. The Hall–Kier alpha value is -2.33. The lowest BCUT2D eigenvalue weighted by molar-refractivity contribution is -0.126. The van der Waals surface area contributed by atoms with Crippen molar-refractivity contribution in [2.75, 3.05) is 39.5 Å². The molecule has 36 heavy (non-hydrogen) atoms. The van der Waals surface area contributed by atoms with Gasteiger partial charge in [-0.3, -0.25) is 19.1 Å². The Bertz CT molecular complexity index is 738. The van der Waals surface area contributed by atoms with E-state index in [1.165, 1.54) is 19.3 Å². The number of rotatable bonds is 23. The number of ketones is 1. The molecule has 0 unspecified atom stereocenters. The van der Waals surface area contributed by atoms with E-state index in [0.717, 1.165) is 31.4 Å². The van der Waals surface area contributed by atoms with Gasteiger partial charge in [0.05, 0.1) is 25.5 Å². The van der Waals surface area contributed by atoms with Crippen molar-refractivity contribution < 1.29 is 23.9 Å².